The Hall–Kier alpha value is -0.570. The highest BCUT2D eigenvalue weighted by Crippen LogP contribution is 2.38. The standard InChI is InChI=1S/C12H15ClN2/c13-10-2-1-9-8-15-12(11(9)7-10)3-5-14-6-4-12/h1-2,7,14-15H,3-6,8H2. The van der Waals surface area contributed by atoms with Crippen LogP contribution >= 0.6 is 11.6 Å². The predicted molar refractivity (Wildman–Crippen MR) is 62.1 cm³/mol. The Labute approximate surface area is 95.0 Å². The molecule has 1 fully saturated rings. The summed E-state index contributed by atoms with van der Waals surface area (Å²) in [5.74, 6) is 0. The Morgan fingerprint density at radius 1 is 1.20 bits per heavy atom. The van der Waals surface area contributed by atoms with Gasteiger partial charge < -0.3 is 10.6 Å². The van der Waals surface area contributed by atoms with Gasteiger partial charge in [-0.3, -0.25) is 0 Å². The van der Waals surface area contributed by atoms with Crippen LogP contribution in [0.15, 0.2) is 18.2 Å². The molecule has 0 amide bonds. The lowest BCUT2D eigenvalue weighted by Crippen LogP contribution is -2.46. The van der Waals surface area contributed by atoms with E-state index in [0.29, 0.717) is 0 Å². The molecule has 2 N–H and O–H groups in total. The molecule has 2 aliphatic rings. The van der Waals surface area contributed by atoms with E-state index in [1.807, 2.05) is 6.07 Å². The first-order valence-electron chi connectivity index (χ1n) is 5.55. The number of nitrogens with one attached hydrogen (secondary N) is 2. The zero-order valence-corrected chi connectivity index (χ0v) is 9.40. The quantitative estimate of drug-likeness (QED) is 0.702. The van der Waals surface area contributed by atoms with Crippen LogP contribution in [0.3, 0.4) is 0 Å². The van der Waals surface area contributed by atoms with Crippen LogP contribution in [0.25, 0.3) is 0 Å². The molecule has 80 valence electrons. The largest absolute Gasteiger partial charge is 0.317 e. The summed E-state index contributed by atoms with van der Waals surface area (Å²) in [5, 5.41) is 7.93. The molecule has 0 saturated carbocycles. The Morgan fingerprint density at radius 2 is 2.00 bits per heavy atom. The third kappa shape index (κ3) is 1.48. The summed E-state index contributed by atoms with van der Waals surface area (Å²) < 4.78 is 0. The van der Waals surface area contributed by atoms with Gasteiger partial charge in [-0.15, -0.1) is 0 Å². The molecule has 0 atom stereocenters. The molecule has 1 aromatic carbocycles. The van der Waals surface area contributed by atoms with E-state index in [-0.39, 0.29) is 5.54 Å². The molecule has 15 heavy (non-hydrogen) atoms. The number of piperidine rings is 1. The maximum Gasteiger partial charge on any atom is 0.0465 e. The molecule has 2 nitrogen and oxygen atoms in total. The highest BCUT2D eigenvalue weighted by atomic mass is 35.5. The van der Waals surface area contributed by atoms with Crippen LogP contribution in [0, 0.1) is 0 Å². The van der Waals surface area contributed by atoms with E-state index in [1.54, 1.807) is 0 Å². The molecular formula is C12H15ClN2. The van der Waals surface area contributed by atoms with Crippen LogP contribution in [0.4, 0.5) is 0 Å². The molecule has 0 aromatic heterocycles. The van der Waals surface area contributed by atoms with E-state index >= 15 is 0 Å². The molecule has 1 aromatic rings. The molecule has 3 heteroatoms. The average molecular weight is 223 g/mol. The maximum absolute atomic E-state index is 6.08. The smallest absolute Gasteiger partial charge is 0.0465 e. The minimum Gasteiger partial charge on any atom is -0.317 e. The van der Waals surface area contributed by atoms with Crippen LogP contribution in [-0.2, 0) is 12.1 Å². The maximum atomic E-state index is 6.08. The second kappa shape index (κ2) is 3.48. The molecule has 3 rings (SSSR count). The summed E-state index contributed by atoms with van der Waals surface area (Å²) in [7, 11) is 0. The molecule has 1 saturated heterocycles. The second-order valence-corrected chi connectivity index (χ2v) is 4.92. The van der Waals surface area contributed by atoms with Crippen molar-refractivity contribution in [2.75, 3.05) is 13.1 Å². The molecule has 2 aliphatic heterocycles. The van der Waals surface area contributed by atoms with Gasteiger partial charge in [0.2, 0.25) is 0 Å². The number of hydrogen-bond acceptors (Lipinski definition) is 2. The third-order valence-corrected chi connectivity index (χ3v) is 3.90. The molecule has 2 heterocycles. The van der Waals surface area contributed by atoms with E-state index in [9.17, 15) is 0 Å². The summed E-state index contributed by atoms with van der Waals surface area (Å²) in [5.41, 5.74) is 3.05. The van der Waals surface area contributed by atoms with Crippen molar-refractivity contribution in [2.45, 2.75) is 24.9 Å². The molecule has 0 bridgehead atoms. The molecule has 0 unspecified atom stereocenters. The molecular weight excluding hydrogens is 208 g/mol. The molecule has 0 radical (unpaired) electrons. The van der Waals surface area contributed by atoms with Crippen molar-refractivity contribution in [3.63, 3.8) is 0 Å². The minimum absolute atomic E-state index is 0.200. The topological polar surface area (TPSA) is 24.1 Å². The predicted octanol–water partition coefficient (Wildman–Crippen LogP) is 2.02. The van der Waals surface area contributed by atoms with Crippen molar-refractivity contribution in [2.24, 2.45) is 0 Å². The Bertz CT molecular complexity index is 378. The van der Waals surface area contributed by atoms with E-state index in [4.69, 9.17) is 11.6 Å². The number of benzene rings is 1. The summed E-state index contributed by atoms with van der Waals surface area (Å²) in [6.07, 6.45) is 2.33. The monoisotopic (exact) mass is 222 g/mol. The normalized spacial score (nSPS) is 23.0. The number of fused-ring (bicyclic) bond motifs is 2. The summed E-state index contributed by atoms with van der Waals surface area (Å²) in [6.45, 7) is 3.18. The Morgan fingerprint density at radius 3 is 2.80 bits per heavy atom. The fourth-order valence-electron chi connectivity index (χ4n) is 2.81. The van der Waals surface area contributed by atoms with Crippen molar-refractivity contribution in [1.82, 2.24) is 10.6 Å². The fourth-order valence-corrected chi connectivity index (χ4v) is 2.98. The van der Waals surface area contributed by atoms with Crippen molar-refractivity contribution in [3.8, 4) is 0 Å². The highest BCUT2D eigenvalue weighted by molar-refractivity contribution is 6.30. The van der Waals surface area contributed by atoms with Gasteiger partial charge in [0.25, 0.3) is 0 Å². The summed E-state index contributed by atoms with van der Waals surface area (Å²) >= 11 is 6.08. The third-order valence-electron chi connectivity index (χ3n) is 3.66. The lowest BCUT2D eigenvalue weighted by atomic mass is 9.82. The lowest BCUT2D eigenvalue weighted by Gasteiger charge is -2.35. The molecule has 1 spiro atoms. The molecule has 0 aliphatic carbocycles. The van der Waals surface area contributed by atoms with Crippen LogP contribution < -0.4 is 10.6 Å². The van der Waals surface area contributed by atoms with Crippen molar-refractivity contribution < 1.29 is 0 Å². The van der Waals surface area contributed by atoms with Gasteiger partial charge in [0.15, 0.2) is 0 Å². The van der Waals surface area contributed by atoms with Gasteiger partial charge in [0.05, 0.1) is 0 Å². The average Bonchev–Trinajstić information content (AvgIpc) is 2.59. The minimum atomic E-state index is 0.200. The first-order chi connectivity index (χ1) is 7.30. The van der Waals surface area contributed by atoms with E-state index < -0.39 is 0 Å². The van der Waals surface area contributed by atoms with Gasteiger partial charge in [-0.05, 0) is 49.2 Å². The first-order valence-corrected chi connectivity index (χ1v) is 5.93. The number of hydrogen-bond donors (Lipinski definition) is 2. The fraction of sp³-hybridized carbons (Fsp3) is 0.500. The Kier molecular flexibility index (Phi) is 2.23. The van der Waals surface area contributed by atoms with Crippen LogP contribution in [0.1, 0.15) is 24.0 Å². The zero-order chi connectivity index (χ0) is 10.3. The first kappa shape index (κ1) is 9.64. The summed E-state index contributed by atoms with van der Waals surface area (Å²) in [6, 6.07) is 6.28. The SMILES string of the molecule is Clc1ccc2c(c1)C1(CCNCC1)NC2. The van der Waals surface area contributed by atoms with Gasteiger partial charge in [0.1, 0.15) is 0 Å². The van der Waals surface area contributed by atoms with Crippen molar-refractivity contribution >= 4 is 11.6 Å². The van der Waals surface area contributed by atoms with E-state index in [2.05, 4.69) is 22.8 Å². The van der Waals surface area contributed by atoms with Crippen molar-refractivity contribution in [3.05, 3.63) is 34.3 Å². The highest BCUT2D eigenvalue weighted by Gasteiger charge is 2.39. The van der Waals surface area contributed by atoms with Gasteiger partial charge in [-0.2, -0.15) is 0 Å². The van der Waals surface area contributed by atoms with E-state index in [0.717, 1.165) is 24.7 Å². The number of rotatable bonds is 0. The van der Waals surface area contributed by atoms with Gasteiger partial charge in [0, 0.05) is 17.1 Å². The van der Waals surface area contributed by atoms with Gasteiger partial charge in [-0.25, -0.2) is 0 Å². The van der Waals surface area contributed by atoms with Crippen LogP contribution in [0.5, 0.6) is 0 Å². The summed E-state index contributed by atoms with van der Waals surface area (Å²) in [4.78, 5) is 0. The van der Waals surface area contributed by atoms with Gasteiger partial charge in [-0.1, -0.05) is 17.7 Å². The lowest BCUT2D eigenvalue weighted by molar-refractivity contribution is 0.265. The second-order valence-electron chi connectivity index (χ2n) is 4.49. The van der Waals surface area contributed by atoms with Crippen LogP contribution in [-0.4, -0.2) is 13.1 Å². The van der Waals surface area contributed by atoms with Gasteiger partial charge >= 0.3 is 0 Å². The Balaban J connectivity index is 2.05. The number of halogens is 1. The van der Waals surface area contributed by atoms with Crippen molar-refractivity contribution in [1.29, 1.82) is 0 Å². The van der Waals surface area contributed by atoms with E-state index in [1.165, 1.54) is 24.0 Å². The zero-order valence-electron chi connectivity index (χ0n) is 8.65. The van der Waals surface area contributed by atoms with Crippen LogP contribution in [0.2, 0.25) is 5.02 Å².